The second kappa shape index (κ2) is 6.17. The van der Waals surface area contributed by atoms with Crippen LogP contribution in [-0.4, -0.2) is 29.3 Å². The van der Waals surface area contributed by atoms with E-state index in [1.807, 2.05) is 0 Å². The number of carbonyl (C=O) groups is 1. The SMILES string of the molecule is O=C(O)c1ccc(NCC2CCCC2CO)c(F)c1F. The van der Waals surface area contributed by atoms with Crippen LogP contribution in [0.3, 0.4) is 0 Å². The third-order valence-corrected chi connectivity index (χ3v) is 3.92. The molecule has 1 aliphatic carbocycles. The molecule has 0 aliphatic heterocycles. The van der Waals surface area contributed by atoms with Crippen LogP contribution in [0.15, 0.2) is 12.1 Å². The third kappa shape index (κ3) is 2.90. The van der Waals surface area contributed by atoms with Crippen molar-refractivity contribution in [1.82, 2.24) is 0 Å². The Balaban J connectivity index is 2.07. The minimum Gasteiger partial charge on any atom is -0.478 e. The molecule has 0 aromatic heterocycles. The molecule has 2 unspecified atom stereocenters. The lowest BCUT2D eigenvalue weighted by Crippen LogP contribution is -2.21. The molecule has 0 heterocycles. The number of carboxylic acids is 1. The van der Waals surface area contributed by atoms with E-state index in [-0.39, 0.29) is 24.1 Å². The van der Waals surface area contributed by atoms with Crippen molar-refractivity contribution < 1.29 is 23.8 Å². The summed E-state index contributed by atoms with van der Waals surface area (Å²) in [6.07, 6.45) is 2.90. The van der Waals surface area contributed by atoms with Crippen LogP contribution in [0.1, 0.15) is 29.6 Å². The van der Waals surface area contributed by atoms with E-state index in [0.29, 0.717) is 6.54 Å². The number of benzene rings is 1. The zero-order chi connectivity index (χ0) is 14.7. The van der Waals surface area contributed by atoms with Gasteiger partial charge < -0.3 is 15.5 Å². The van der Waals surface area contributed by atoms with Crippen LogP contribution >= 0.6 is 0 Å². The second-order valence-electron chi connectivity index (χ2n) is 5.11. The van der Waals surface area contributed by atoms with Crippen LogP contribution in [0, 0.1) is 23.5 Å². The Morgan fingerprint density at radius 3 is 2.60 bits per heavy atom. The minimum atomic E-state index is -1.50. The van der Waals surface area contributed by atoms with E-state index < -0.39 is 23.2 Å². The van der Waals surface area contributed by atoms with Gasteiger partial charge in [-0.3, -0.25) is 0 Å². The zero-order valence-corrected chi connectivity index (χ0v) is 10.9. The maximum Gasteiger partial charge on any atom is 0.338 e. The van der Waals surface area contributed by atoms with Crippen LogP contribution < -0.4 is 5.32 Å². The first-order valence-electron chi connectivity index (χ1n) is 6.60. The molecule has 0 radical (unpaired) electrons. The zero-order valence-electron chi connectivity index (χ0n) is 10.9. The summed E-state index contributed by atoms with van der Waals surface area (Å²) < 4.78 is 27.2. The highest BCUT2D eigenvalue weighted by molar-refractivity contribution is 5.88. The molecule has 2 rings (SSSR count). The fourth-order valence-electron chi connectivity index (χ4n) is 2.71. The Bertz CT molecular complexity index is 507. The summed E-state index contributed by atoms with van der Waals surface area (Å²) in [5.74, 6) is -3.62. The number of nitrogens with one attached hydrogen (secondary N) is 1. The van der Waals surface area contributed by atoms with E-state index in [2.05, 4.69) is 5.32 Å². The van der Waals surface area contributed by atoms with Crippen LogP contribution in [0.25, 0.3) is 0 Å². The smallest absolute Gasteiger partial charge is 0.338 e. The molecule has 4 nitrogen and oxygen atoms in total. The summed E-state index contributed by atoms with van der Waals surface area (Å²) in [4.78, 5) is 10.7. The van der Waals surface area contributed by atoms with Crippen molar-refractivity contribution in [2.45, 2.75) is 19.3 Å². The van der Waals surface area contributed by atoms with Gasteiger partial charge in [-0.05, 0) is 36.8 Å². The number of aliphatic hydroxyl groups excluding tert-OH is 1. The topological polar surface area (TPSA) is 69.6 Å². The Kier molecular flexibility index (Phi) is 4.54. The number of hydrogen-bond acceptors (Lipinski definition) is 3. The third-order valence-electron chi connectivity index (χ3n) is 3.92. The van der Waals surface area contributed by atoms with E-state index >= 15 is 0 Å². The number of carboxylic acid groups (broad SMARTS) is 1. The Morgan fingerprint density at radius 2 is 1.95 bits per heavy atom. The number of rotatable bonds is 5. The Morgan fingerprint density at radius 1 is 1.25 bits per heavy atom. The lowest BCUT2D eigenvalue weighted by Gasteiger charge is -2.19. The first-order chi connectivity index (χ1) is 9.54. The van der Waals surface area contributed by atoms with E-state index in [0.717, 1.165) is 25.3 Å². The second-order valence-corrected chi connectivity index (χ2v) is 5.11. The fourth-order valence-corrected chi connectivity index (χ4v) is 2.71. The highest BCUT2D eigenvalue weighted by atomic mass is 19.2. The van der Waals surface area contributed by atoms with Gasteiger partial charge in [0.2, 0.25) is 0 Å². The molecule has 1 saturated carbocycles. The summed E-state index contributed by atoms with van der Waals surface area (Å²) >= 11 is 0. The molecule has 6 heteroatoms. The molecule has 0 amide bonds. The number of anilines is 1. The van der Waals surface area contributed by atoms with Crippen molar-refractivity contribution in [3.05, 3.63) is 29.3 Å². The number of hydrogen-bond donors (Lipinski definition) is 3. The molecule has 0 bridgehead atoms. The molecule has 1 aromatic carbocycles. The average Bonchev–Trinajstić information content (AvgIpc) is 2.87. The van der Waals surface area contributed by atoms with Gasteiger partial charge in [-0.25, -0.2) is 13.6 Å². The van der Waals surface area contributed by atoms with Gasteiger partial charge in [0.25, 0.3) is 0 Å². The molecule has 1 aromatic rings. The van der Waals surface area contributed by atoms with Crippen molar-refractivity contribution in [2.24, 2.45) is 11.8 Å². The summed E-state index contributed by atoms with van der Waals surface area (Å²) in [7, 11) is 0. The van der Waals surface area contributed by atoms with Gasteiger partial charge in [0.05, 0.1) is 11.3 Å². The predicted octanol–water partition coefficient (Wildman–Crippen LogP) is 2.48. The predicted molar refractivity (Wildman–Crippen MR) is 69.7 cm³/mol. The molecule has 1 aliphatic rings. The normalized spacial score (nSPS) is 21.9. The van der Waals surface area contributed by atoms with E-state index in [9.17, 15) is 18.7 Å². The van der Waals surface area contributed by atoms with Gasteiger partial charge in [-0.15, -0.1) is 0 Å². The fraction of sp³-hybridized carbons (Fsp3) is 0.500. The number of aromatic carboxylic acids is 1. The quantitative estimate of drug-likeness (QED) is 0.777. The maximum absolute atomic E-state index is 13.7. The molecular formula is C14H17F2NO3. The standard InChI is InChI=1S/C14H17F2NO3/c15-12-10(14(19)20)4-5-11(13(12)16)17-6-8-2-1-3-9(8)7-18/h4-5,8-9,17-18H,1-3,6-7H2,(H,19,20). The highest BCUT2D eigenvalue weighted by Crippen LogP contribution is 2.32. The lowest BCUT2D eigenvalue weighted by atomic mass is 9.97. The van der Waals surface area contributed by atoms with E-state index in [1.165, 1.54) is 6.07 Å². The van der Waals surface area contributed by atoms with E-state index in [1.54, 1.807) is 0 Å². The van der Waals surface area contributed by atoms with Crippen molar-refractivity contribution in [1.29, 1.82) is 0 Å². The maximum atomic E-state index is 13.7. The molecule has 3 N–H and O–H groups in total. The van der Waals surface area contributed by atoms with Gasteiger partial charge in [0, 0.05) is 13.2 Å². The van der Waals surface area contributed by atoms with Gasteiger partial charge in [0.1, 0.15) is 0 Å². The molecular weight excluding hydrogens is 268 g/mol. The van der Waals surface area contributed by atoms with Crippen LogP contribution in [-0.2, 0) is 0 Å². The summed E-state index contributed by atoms with van der Waals surface area (Å²) in [6, 6.07) is 2.27. The summed E-state index contributed by atoms with van der Waals surface area (Å²) in [5, 5.41) is 20.7. The summed E-state index contributed by atoms with van der Waals surface area (Å²) in [6.45, 7) is 0.537. The molecule has 20 heavy (non-hydrogen) atoms. The molecule has 2 atom stereocenters. The monoisotopic (exact) mass is 285 g/mol. The van der Waals surface area contributed by atoms with Crippen molar-refractivity contribution in [3.8, 4) is 0 Å². The van der Waals surface area contributed by atoms with Crippen molar-refractivity contribution >= 4 is 11.7 Å². The van der Waals surface area contributed by atoms with Crippen molar-refractivity contribution in [3.63, 3.8) is 0 Å². The van der Waals surface area contributed by atoms with Crippen LogP contribution in [0.4, 0.5) is 14.5 Å². The molecule has 0 spiro atoms. The van der Waals surface area contributed by atoms with Crippen molar-refractivity contribution in [2.75, 3.05) is 18.5 Å². The number of halogens is 2. The van der Waals surface area contributed by atoms with Gasteiger partial charge in [-0.2, -0.15) is 0 Å². The Labute approximate surface area is 115 Å². The Hall–Kier alpha value is -1.69. The van der Waals surface area contributed by atoms with Gasteiger partial charge in [-0.1, -0.05) is 6.42 Å². The average molecular weight is 285 g/mol. The minimum absolute atomic E-state index is 0.0453. The summed E-state index contributed by atoms with van der Waals surface area (Å²) in [5.41, 5.74) is -0.724. The van der Waals surface area contributed by atoms with Gasteiger partial charge in [0.15, 0.2) is 11.6 Å². The number of aliphatic hydroxyl groups is 1. The van der Waals surface area contributed by atoms with E-state index in [4.69, 9.17) is 5.11 Å². The van der Waals surface area contributed by atoms with Crippen LogP contribution in [0.2, 0.25) is 0 Å². The molecule has 0 saturated heterocycles. The first kappa shape index (κ1) is 14.7. The van der Waals surface area contributed by atoms with Crippen LogP contribution in [0.5, 0.6) is 0 Å². The molecule has 110 valence electrons. The first-order valence-corrected chi connectivity index (χ1v) is 6.60. The van der Waals surface area contributed by atoms with Gasteiger partial charge >= 0.3 is 5.97 Å². The lowest BCUT2D eigenvalue weighted by molar-refractivity contribution is 0.0690. The largest absolute Gasteiger partial charge is 0.478 e. The molecule has 1 fully saturated rings. The highest BCUT2D eigenvalue weighted by Gasteiger charge is 2.27.